The Morgan fingerprint density at radius 1 is 0.344 bits per heavy atom. The fraction of sp³-hybridized carbons (Fsp3) is 0.691. The second kappa shape index (κ2) is 49.2. The Morgan fingerprint density at radius 2 is 0.639 bits per heavy atom. The number of esters is 3. The summed E-state index contributed by atoms with van der Waals surface area (Å²) in [7, 11) is 0. The molecule has 0 aliphatic rings. The zero-order chi connectivity index (χ0) is 44.4. The molecule has 0 amide bonds. The molecule has 0 spiro atoms. The van der Waals surface area contributed by atoms with Crippen LogP contribution in [0.5, 0.6) is 0 Å². The van der Waals surface area contributed by atoms with Crippen LogP contribution < -0.4 is 0 Å². The highest BCUT2D eigenvalue weighted by Crippen LogP contribution is 2.13. The standard InChI is InChI=1S/C55H92O6/c1-4-7-10-13-16-18-20-22-24-26-28-30-31-33-35-37-39-42-45-48-54(57)60-51-52(50-59-53(56)47-44-41-15-12-9-6-3)61-55(58)49-46-43-40-38-36-34-32-29-27-25-23-21-19-17-14-11-8-5-2/h7,10,16,18-19,21-22,24-25,27-28,30,33,35,52H,4-6,8-9,11-15,17,20,23,26,29,31-32,34,36-51H2,1-3H3/b10-7-,18-16-,21-19-,24-22-,27-25-,30-28-,35-33-. The molecule has 1 atom stereocenters. The van der Waals surface area contributed by atoms with Crippen LogP contribution in [0.1, 0.15) is 226 Å². The van der Waals surface area contributed by atoms with Crippen molar-refractivity contribution in [3.05, 3.63) is 85.1 Å². The summed E-state index contributed by atoms with van der Waals surface area (Å²) in [4.78, 5) is 37.7. The van der Waals surface area contributed by atoms with Crippen LogP contribution >= 0.6 is 0 Å². The van der Waals surface area contributed by atoms with Gasteiger partial charge < -0.3 is 14.2 Å². The van der Waals surface area contributed by atoms with Gasteiger partial charge in [0.2, 0.25) is 0 Å². The molecule has 0 aliphatic heterocycles. The first kappa shape index (κ1) is 57.6. The third-order valence-electron chi connectivity index (χ3n) is 10.4. The number of ether oxygens (including phenoxy) is 3. The lowest BCUT2D eigenvalue weighted by Gasteiger charge is -2.18. The van der Waals surface area contributed by atoms with Crippen molar-refractivity contribution >= 4 is 17.9 Å². The molecule has 61 heavy (non-hydrogen) atoms. The number of allylic oxidation sites excluding steroid dienone is 14. The van der Waals surface area contributed by atoms with Gasteiger partial charge in [-0.1, -0.05) is 196 Å². The van der Waals surface area contributed by atoms with E-state index < -0.39 is 6.10 Å². The Kier molecular flexibility index (Phi) is 46.5. The van der Waals surface area contributed by atoms with Gasteiger partial charge in [0.25, 0.3) is 0 Å². The Labute approximate surface area is 375 Å². The van der Waals surface area contributed by atoms with Gasteiger partial charge in [-0.15, -0.1) is 0 Å². The van der Waals surface area contributed by atoms with Gasteiger partial charge in [-0.05, 0) is 96.3 Å². The van der Waals surface area contributed by atoms with Gasteiger partial charge in [0.15, 0.2) is 6.10 Å². The maximum atomic E-state index is 12.7. The van der Waals surface area contributed by atoms with Crippen molar-refractivity contribution in [2.45, 2.75) is 232 Å². The molecule has 0 heterocycles. The summed E-state index contributed by atoms with van der Waals surface area (Å²) in [5.74, 6) is -0.945. The highest BCUT2D eigenvalue weighted by molar-refractivity contribution is 5.71. The van der Waals surface area contributed by atoms with E-state index >= 15 is 0 Å². The average molecular weight is 849 g/mol. The molecular formula is C55H92O6. The van der Waals surface area contributed by atoms with E-state index in [4.69, 9.17) is 14.2 Å². The van der Waals surface area contributed by atoms with Crippen LogP contribution in [0.2, 0.25) is 0 Å². The van der Waals surface area contributed by atoms with Crippen molar-refractivity contribution in [3.63, 3.8) is 0 Å². The summed E-state index contributed by atoms with van der Waals surface area (Å²) in [5.41, 5.74) is 0. The summed E-state index contributed by atoms with van der Waals surface area (Å²) in [6.45, 7) is 6.40. The topological polar surface area (TPSA) is 78.9 Å². The molecule has 0 aliphatic carbocycles. The third-order valence-corrected chi connectivity index (χ3v) is 10.4. The van der Waals surface area contributed by atoms with Gasteiger partial charge in [-0.2, -0.15) is 0 Å². The molecule has 0 saturated heterocycles. The minimum atomic E-state index is -0.791. The molecule has 0 aromatic carbocycles. The third kappa shape index (κ3) is 47.5. The highest BCUT2D eigenvalue weighted by Gasteiger charge is 2.19. The SMILES string of the molecule is CC/C=C\C/C=C\C/C=C\C/C=C\C/C=C\CCCCCC(=O)OCC(COC(=O)CCCCCCCC)OC(=O)CCCCCCCCC/C=C\C/C=C\CCCCCC. The quantitative estimate of drug-likeness (QED) is 0.0263. The molecule has 1 unspecified atom stereocenters. The Hall–Kier alpha value is -3.41. The molecule has 0 aromatic rings. The van der Waals surface area contributed by atoms with Crippen molar-refractivity contribution in [1.82, 2.24) is 0 Å². The summed E-state index contributed by atoms with van der Waals surface area (Å²) in [6.07, 6.45) is 63.0. The smallest absolute Gasteiger partial charge is 0.306 e. The molecule has 0 aromatic heterocycles. The molecule has 348 valence electrons. The van der Waals surface area contributed by atoms with Crippen LogP contribution in [-0.4, -0.2) is 37.2 Å². The van der Waals surface area contributed by atoms with Crippen molar-refractivity contribution in [2.75, 3.05) is 13.2 Å². The van der Waals surface area contributed by atoms with Crippen LogP contribution in [0.3, 0.4) is 0 Å². The fourth-order valence-corrected chi connectivity index (χ4v) is 6.61. The Bertz CT molecular complexity index is 1200. The molecule has 6 nitrogen and oxygen atoms in total. The van der Waals surface area contributed by atoms with Crippen LogP contribution in [-0.2, 0) is 28.6 Å². The minimum absolute atomic E-state index is 0.0913. The van der Waals surface area contributed by atoms with Gasteiger partial charge in [-0.3, -0.25) is 14.4 Å². The lowest BCUT2D eigenvalue weighted by molar-refractivity contribution is -0.167. The monoisotopic (exact) mass is 849 g/mol. The second-order valence-corrected chi connectivity index (χ2v) is 16.3. The van der Waals surface area contributed by atoms with Crippen LogP contribution in [0.15, 0.2) is 85.1 Å². The van der Waals surface area contributed by atoms with E-state index in [0.717, 1.165) is 109 Å². The molecular weight excluding hydrogens is 757 g/mol. The molecule has 0 fully saturated rings. The van der Waals surface area contributed by atoms with E-state index in [9.17, 15) is 14.4 Å². The van der Waals surface area contributed by atoms with Crippen LogP contribution in [0.25, 0.3) is 0 Å². The van der Waals surface area contributed by atoms with Gasteiger partial charge >= 0.3 is 17.9 Å². The van der Waals surface area contributed by atoms with E-state index in [1.165, 1.54) is 77.0 Å². The van der Waals surface area contributed by atoms with Gasteiger partial charge in [-0.25, -0.2) is 0 Å². The number of hydrogen-bond acceptors (Lipinski definition) is 6. The second-order valence-electron chi connectivity index (χ2n) is 16.3. The lowest BCUT2D eigenvalue weighted by Crippen LogP contribution is -2.30. The molecule has 0 radical (unpaired) electrons. The van der Waals surface area contributed by atoms with E-state index in [1.54, 1.807) is 0 Å². The fourth-order valence-electron chi connectivity index (χ4n) is 6.61. The first-order valence-electron chi connectivity index (χ1n) is 25.1. The zero-order valence-electron chi connectivity index (χ0n) is 39.7. The summed E-state index contributed by atoms with van der Waals surface area (Å²) in [5, 5.41) is 0. The molecule has 0 bridgehead atoms. The minimum Gasteiger partial charge on any atom is -0.462 e. The van der Waals surface area contributed by atoms with E-state index in [2.05, 4.69) is 106 Å². The number of unbranched alkanes of at least 4 members (excludes halogenated alkanes) is 19. The summed E-state index contributed by atoms with van der Waals surface area (Å²) in [6, 6.07) is 0. The van der Waals surface area contributed by atoms with Crippen molar-refractivity contribution in [3.8, 4) is 0 Å². The van der Waals surface area contributed by atoms with E-state index in [0.29, 0.717) is 19.3 Å². The van der Waals surface area contributed by atoms with Crippen molar-refractivity contribution < 1.29 is 28.6 Å². The van der Waals surface area contributed by atoms with Gasteiger partial charge in [0.05, 0.1) is 0 Å². The van der Waals surface area contributed by atoms with Crippen molar-refractivity contribution in [2.24, 2.45) is 0 Å². The highest BCUT2D eigenvalue weighted by atomic mass is 16.6. The number of carbonyl (C=O) groups excluding carboxylic acids is 3. The lowest BCUT2D eigenvalue weighted by atomic mass is 10.1. The zero-order valence-corrected chi connectivity index (χ0v) is 39.7. The first-order valence-corrected chi connectivity index (χ1v) is 25.1. The largest absolute Gasteiger partial charge is 0.462 e. The predicted molar refractivity (Wildman–Crippen MR) is 261 cm³/mol. The Balaban J connectivity index is 4.32. The molecule has 0 saturated carbocycles. The van der Waals surface area contributed by atoms with Gasteiger partial charge in [0.1, 0.15) is 13.2 Å². The predicted octanol–water partition coefficient (Wildman–Crippen LogP) is 16.4. The number of rotatable bonds is 44. The van der Waals surface area contributed by atoms with Gasteiger partial charge in [0, 0.05) is 19.3 Å². The summed E-state index contributed by atoms with van der Waals surface area (Å²) >= 11 is 0. The maximum absolute atomic E-state index is 12.7. The van der Waals surface area contributed by atoms with Crippen LogP contribution in [0, 0.1) is 0 Å². The normalized spacial score (nSPS) is 12.8. The maximum Gasteiger partial charge on any atom is 0.306 e. The summed E-state index contributed by atoms with van der Waals surface area (Å²) < 4.78 is 16.7. The van der Waals surface area contributed by atoms with E-state index in [-0.39, 0.29) is 31.1 Å². The number of carbonyl (C=O) groups is 3. The number of hydrogen-bond donors (Lipinski definition) is 0. The molecule has 0 N–H and O–H groups in total. The first-order chi connectivity index (χ1) is 30.0. The van der Waals surface area contributed by atoms with Crippen molar-refractivity contribution in [1.29, 1.82) is 0 Å². The van der Waals surface area contributed by atoms with E-state index in [1.807, 2.05) is 0 Å². The average Bonchev–Trinajstić information content (AvgIpc) is 3.26. The molecule has 0 rings (SSSR count). The molecule has 6 heteroatoms. The van der Waals surface area contributed by atoms with Crippen LogP contribution in [0.4, 0.5) is 0 Å². The Morgan fingerprint density at radius 3 is 1.03 bits per heavy atom.